The number of rotatable bonds is 5. The van der Waals surface area contributed by atoms with Gasteiger partial charge in [-0.15, -0.1) is 0 Å². The van der Waals surface area contributed by atoms with Gasteiger partial charge in [0, 0.05) is 12.5 Å². The van der Waals surface area contributed by atoms with Crippen LogP contribution in [-0.2, 0) is 6.42 Å². The number of hydrogen-bond donors (Lipinski definition) is 2. The van der Waals surface area contributed by atoms with Crippen LogP contribution < -0.4 is 4.74 Å². The minimum absolute atomic E-state index is 0.0702. The molecule has 0 bridgehead atoms. The molecule has 0 amide bonds. The molecule has 0 aromatic heterocycles. The first-order valence-electron chi connectivity index (χ1n) is 6.76. The molecule has 0 aliphatic rings. The van der Waals surface area contributed by atoms with Gasteiger partial charge in [-0.3, -0.25) is 4.79 Å². The Kier molecular flexibility index (Phi) is 4.48. The number of hydrogen-bond acceptors (Lipinski definition) is 4. The molecule has 0 saturated carbocycles. The number of ketones is 1. The van der Waals surface area contributed by atoms with Crippen LogP contribution in [0.3, 0.4) is 0 Å². The second kappa shape index (κ2) is 6.31. The van der Waals surface area contributed by atoms with E-state index in [0.717, 1.165) is 17.4 Å². The van der Waals surface area contributed by atoms with Crippen LogP contribution in [0.2, 0.25) is 0 Å². The van der Waals surface area contributed by atoms with Gasteiger partial charge in [0.2, 0.25) is 0 Å². The predicted molar refractivity (Wildman–Crippen MR) is 80.0 cm³/mol. The van der Waals surface area contributed by atoms with E-state index >= 15 is 0 Å². The molecule has 4 nitrogen and oxygen atoms in total. The molecular weight excluding hydrogens is 268 g/mol. The number of phenolic OH excluding ortho intramolecular Hbond substituents is 2. The minimum atomic E-state index is -0.209. The van der Waals surface area contributed by atoms with Crippen molar-refractivity contribution >= 4 is 5.78 Å². The van der Waals surface area contributed by atoms with Crippen LogP contribution in [0.5, 0.6) is 17.2 Å². The van der Waals surface area contributed by atoms with Crippen molar-refractivity contribution in [2.75, 3.05) is 0 Å². The second-order valence-corrected chi connectivity index (χ2v) is 5.11. The molecular formula is C17H18O4. The third-order valence-electron chi connectivity index (χ3n) is 2.94. The van der Waals surface area contributed by atoms with Crippen LogP contribution in [-0.4, -0.2) is 22.1 Å². The normalized spacial score (nSPS) is 10.6. The summed E-state index contributed by atoms with van der Waals surface area (Å²) in [5.74, 6) is 0.276. The summed E-state index contributed by atoms with van der Waals surface area (Å²) in [6.07, 6.45) is 0.284. The quantitative estimate of drug-likeness (QED) is 0.827. The average molecular weight is 286 g/mol. The van der Waals surface area contributed by atoms with Crippen LogP contribution in [0.25, 0.3) is 0 Å². The Labute approximate surface area is 123 Å². The van der Waals surface area contributed by atoms with Crippen molar-refractivity contribution < 1.29 is 19.7 Å². The first kappa shape index (κ1) is 14.9. The molecule has 0 aliphatic heterocycles. The number of carbonyl (C=O) groups excluding carboxylic acids is 1. The number of benzene rings is 2. The SMILES string of the molecule is CC(C)Oc1ccc(CC(=O)c2ccc(O)cc2O)cc1. The van der Waals surface area contributed by atoms with Crippen molar-refractivity contribution in [3.8, 4) is 17.2 Å². The molecule has 2 aromatic carbocycles. The first-order chi connectivity index (χ1) is 9.95. The highest BCUT2D eigenvalue weighted by Crippen LogP contribution is 2.24. The van der Waals surface area contributed by atoms with Crippen molar-refractivity contribution in [1.82, 2.24) is 0 Å². The van der Waals surface area contributed by atoms with Crippen molar-refractivity contribution in [3.63, 3.8) is 0 Å². The minimum Gasteiger partial charge on any atom is -0.508 e. The Hall–Kier alpha value is -2.49. The van der Waals surface area contributed by atoms with Gasteiger partial charge in [0.05, 0.1) is 11.7 Å². The van der Waals surface area contributed by atoms with E-state index in [2.05, 4.69) is 0 Å². The van der Waals surface area contributed by atoms with Crippen LogP contribution in [0, 0.1) is 0 Å². The fraction of sp³-hybridized carbons (Fsp3) is 0.235. The van der Waals surface area contributed by atoms with Gasteiger partial charge in [0.1, 0.15) is 17.2 Å². The Morgan fingerprint density at radius 2 is 1.76 bits per heavy atom. The maximum absolute atomic E-state index is 12.1. The van der Waals surface area contributed by atoms with E-state index in [1.807, 2.05) is 38.1 Å². The highest BCUT2D eigenvalue weighted by Gasteiger charge is 2.12. The number of aromatic hydroxyl groups is 2. The van der Waals surface area contributed by atoms with Crippen LogP contribution in [0.4, 0.5) is 0 Å². The summed E-state index contributed by atoms with van der Waals surface area (Å²) in [4.78, 5) is 12.1. The maximum Gasteiger partial charge on any atom is 0.170 e. The number of ether oxygens (including phenoxy) is 1. The molecule has 2 rings (SSSR count). The summed E-state index contributed by atoms with van der Waals surface area (Å²) in [7, 11) is 0. The van der Waals surface area contributed by atoms with Gasteiger partial charge in [-0.2, -0.15) is 0 Å². The van der Waals surface area contributed by atoms with E-state index in [-0.39, 0.29) is 35.4 Å². The lowest BCUT2D eigenvalue weighted by Crippen LogP contribution is -2.06. The van der Waals surface area contributed by atoms with Gasteiger partial charge in [-0.05, 0) is 43.7 Å². The molecule has 2 N–H and O–H groups in total. The number of phenols is 2. The van der Waals surface area contributed by atoms with Crippen molar-refractivity contribution in [2.45, 2.75) is 26.4 Å². The molecule has 0 aliphatic carbocycles. The number of Topliss-reactive ketones (excluding diaryl/α,β-unsaturated/α-hetero) is 1. The molecule has 110 valence electrons. The third kappa shape index (κ3) is 3.99. The summed E-state index contributed by atoms with van der Waals surface area (Å²) in [5.41, 5.74) is 1.04. The zero-order valence-electron chi connectivity index (χ0n) is 12.0. The third-order valence-corrected chi connectivity index (χ3v) is 2.94. The fourth-order valence-electron chi connectivity index (χ4n) is 1.99. The second-order valence-electron chi connectivity index (χ2n) is 5.11. The molecule has 4 heteroatoms. The molecule has 0 saturated heterocycles. The van der Waals surface area contributed by atoms with E-state index < -0.39 is 0 Å². The van der Waals surface area contributed by atoms with Gasteiger partial charge >= 0.3 is 0 Å². The van der Waals surface area contributed by atoms with Crippen LogP contribution in [0.15, 0.2) is 42.5 Å². The van der Waals surface area contributed by atoms with Gasteiger partial charge in [-0.25, -0.2) is 0 Å². The zero-order chi connectivity index (χ0) is 15.4. The van der Waals surface area contributed by atoms with Crippen molar-refractivity contribution in [2.24, 2.45) is 0 Å². The summed E-state index contributed by atoms with van der Waals surface area (Å²) in [5, 5.41) is 18.9. The van der Waals surface area contributed by atoms with Gasteiger partial charge in [0.15, 0.2) is 5.78 Å². The van der Waals surface area contributed by atoms with Gasteiger partial charge in [-0.1, -0.05) is 12.1 Å². The van der Waals surface area contributed by atoms with Gasteiger partial charge in [0.25, 0.3) is 0 Å². The predicted octanol–water partition coefficient (Wildman–Crippen LogP) is 3.31. The lowest BCUT2D eigenvalue weighted by atomic mass is 10.0. The highest BCUT2D eigenvalue weighted by atomic mass is 16.5. The summed E-state index contributed by atoms with van der Waals surface area (Å²) in [6.45, 7) is 3.90. The summed E-state index contributed by atoms with van der Waals surface area (Å²) >= 11 is 0. The monoisotopic (exact) mass is 286 g/mol. The largest absolute Gasteiger partial charge is 0.508 e. The van der Waals surface area contributed by atoms with E-state index in [9.17, 15) is 15.0 Å². The topological polar surface area (TPSA) is 66.8 Å². The van der Waals surface area contributed by atoms with E-state index in [0.29, 0.717) is 0 Å². The Balaban J connectivity index is 2.08. The van der Waals surface area contributed by atoms with Crippen molar-refractivity contribution in [1.29, 1.82) is 0 Å². The Morgan fingerprint density at radius 1 is 1.10 bits per heavy atom. The maximum atomic E-state index is 12.1. The summed E-state index contributed by atoms with van der Waals surface area (Å²) in [6, 6.07) is 11.3. The molecule has 0 atom stereocenters. The molecule has 0 unspecified atom stereocenters. The molecule has 0 fully saturated rings. The lowest BCUT2D eigenvalue weighted by Gasteiger charge is -2.10. The lowest BCUT2D eigenvalue weighted by molar-refractivity contribution is 0.0990. The zero-order valence-corrected chi connectivity index (χ0v) is 12.0. The Morgan fingerprint density at radius 3 is 2.33 bits per heavy atom. The molecule has 0 radical (unpaired) electrons. The number of carbonyl (C=O) groups is 1. The van der Waals surface area contributed by atoms with E-state index in [4.69, 9.17) is 4.74 Å². The van der Waals surface area contributed by atoms with E-state index in [1.54, 1.807) is 0 Å². The molecule has 2 aromatic rings. The molecule has 0 heterocycles. The molecule has 0 spiro atoms. The first-order valence-corrected chi connectivity index (χ1v) is 6.76. The molecule has 21 heavy (non-hydrogen) atoms. The van der Waals surface area contributed by atoms with Crippen molar-refractivity contribution in [3.05, 3.63) is 53.6 Å². The van der Waals surface area contributed by atoms with Crippen LogP contribution >= 0.6 is 0 Å². The van der Waals surface area contributed by atoms with Gasteiger partial charge < -0.3 is 14.9 Å². The fourth-order valence-corrected chi connectivity index (χ4v) is 1.99. The standard InChI is InChI=1S/C17H18O4/c1-11(2)21-14-6-3-12(4-7-14)9-16(19)15-8-5-13(18)10-17(15)20/h3-8,10-11,18,20H,9H2,1-2H3. The smallest absolute Gasteiger partial charge is 0.170 e. The van der Waals surface area contributed by atoms with Crippen LogP contribution in [0.1, 0.15) is 29.8 Å². The Bertz CT molecular complexity index is 630. The highest BCUT2D eigenvalue weighted by molar-refractivity contribution is 6.00. The summed E-state index contributed by atoms with van der Waals surface area (Å²) < 4.78 is 5.54. The van der Waals surface area contributed by atoms with E-state index in [1.165, 1.54) is 12.1 Å². The average Bonchev–Trinajstić information content (AvgIpc) is 2.40.